The number of guanidine groups is 2. The van der Waals surface area contributed by atoms with Crippen molar-refractivity contribution in [1.82, 2.24) is 15.5 Å². The van der Waals surface area contributed by atoms with Gasteiger partial charge in [0, 0.05) is 26.9 Å². The second-order valence-corrected chi connectivity index (χ2v) is 3.58. The van der Waals surface area contributed by atoms with Crippen LogP contribution in [0.3, 0.4) is 0 Å². The average Bonchev–Trinajstić information content (AvgIpc) is 2.29. The molecule has 0 aromatic rings. The van der Waals surface area contributed by atoms with Crippen LogP contribution in [0.1, 0.15) is 6.92 Å². The van der Waals surface area contributed by atoms with Crippen LogP contribution >= 0.6 is 0 Å². The van der Waals surface area contributed by atoms with Crippen molar-refractivity contribution >= 4 is 18.1 Å². The zero-order valence-electron chi connectivity index (χ0n) is 9.91. The van der Waals surface area contributed by atoms with Gasteiger partial charge in [0.25, 0.3) is 0 Å². The maximum absolute atomic E-state index is 7.43. The van der Waals surface area contributed by atoms with Crippen molar-refractivity contribution in [2.24, 2.45) is 9.98 Å². The van der Waals surface area contributed by atoms with Gasteiger partial charge in [-0.1, -0.05) is 6.58 Å². The van der Waals surface area contributed by atoms with Crippen molar-refractivity contribution in [3.63, 3.8) is 0 Å². The quantitative estimate of drug-likeness (QED) is 0.465. The molecule has 0 fully saturated rings. The van der Waals surface area contributed by atoms with Crippen LogP contribution in [-0.4, -0.2) is 49.3 Å². The van der Waals surface area contributed by atoms with Gasteiger partial charge in [-0.2, -0.15) is 0 Å². The highest BCUT2D eigenvalue weighted by molar-refractivity contribution is 6.03. The molecule has 1 unspecified atom stereocenters. The highest BCUT2D eigenvalue weighted by Gasteiger charge is 2.30. The molecule has 1 aliphatic heterocycles. The minimum absolute atomic E-state index is 0.601. The third kappa shape index (κ3) is 2.39. The second-order valence-electron chi connectivity index (χ2n) is 3.58. The number of nitrogens with one attached hydrogen (secondary N) is 3. The molecule has 0 bridgehead atoms. The molecule has 1 aliphatic rings. The Morgan fingerprint density at radius 2 is 2.31 bits per heavy atom. The van der Waals surface area contributed by atoms with Crippen molar-refractivity contribution in [1.29, 1.82) is 5.41 Å². The summed E-state index contributed by atoms with van der Waals surface area (Å²) in [6, 6.07) is 0. The van der Waals surface area contributed by atoms with E-state index in [0.29, 0.717) is 18.5 Å². The maximum atomic E-state index is 7.43. The Labute approximate surface area is 95.7 Å². The zero-order valence-corrected chi connectivity index (χ0v) is 9.91. The normalized spacial score (nSPS) is 26.4. The van der Waals surface area contributed by atoms with E-state index in [1.807, 2.05) is 25.9 Å². The standard InChI is InChI=1S/C10H18N6/c1-5-10(7-11)14-8(12-6-2)13-9(15-10)16(3)4/h5,7,11H,1,6H2,2-4H3,(H2,12,13,14,15). The van der Waals surface area contributed by atoms with E-state index in [2.05, 4.69) is 27.2 Å². The molecular weight excluding hydrogens is 204 g/mol. The lowest BCUT2D eigenvalue weighted by molar-refractivity contribution is 0.547. The predicted molar refractivity (Wildman–Crippen MR) is 67.1 cm³/mol. The lowest BCUT2D eigenvalue weighted by atomic mass is 10.2. The largest absolute Gasteiger partial charge is 0.349 e. The molecule has 88 valence electrons. The van der Waals surface area contributed by atoms with Crippen LogP contribution in [0.25, 0.3) is 0 Å². The molecule has 0 radical (unpaired) electrons. The summed E-state index contributed by atoms with van der Waals surface area (Å²) in [6.07, 6.45) is 2.78. The van der Waals surface area contributed by atoms with Gasteiger partial charge in [-0.05, 0) is 13.0 Å². The van der Waals surface area contributed by atoms with Gasteiger partial charge < -0.3 is 15.6 Å². The maximum Gasteiger partial charge on any atom is 0.203 e. The Hall–Kier alpha value is -1.85. The summed E-state index contributed by atoms with van der Waals surface area (Å²) in [4.78, 5) is 10.4. The fourth-order valence-corrected chi connectivity index (χ4v) is 1.23. The highest BCUT2D eigenvalue weighted by atomic mass is 15.4. The third-order valence-corrected chi connectivity index (χ3v) is 2.11. The number of hydrogen-bond acceptors (Lipinski definition) is 4. The summed E-state index contributed by atoms with van der Waals surface area (Å²) in [7, 11) is 3.75. The summed E-state index contributed by atoms with van der Waals surface area (Å²) < 4.78 is 0. The topological polar surface area (TPSA) is 75.9 Å². The molecule has 1 atom stereocenters. The highest BCUT2D eigenvalue weighted by Crippen LogP contribution is 2.09. The SMILES string of the molecule is C=CC1(C=N)N=C(N(C)C)NC(=NCC)N1. The molecule has 0 saturated heterocycles. The molecule has 16 heavy (non-hydrogen) atoms. The van der Waals surface area contributed by atoms with E-state index < -0.39 is 5.66 Å². The Bertz CT molecular complexity index is 333. The Kier molecular flexibility index (Phi) is 3.65. The first kappa shape index (κ1) is 12.2. The van der Waals surface area contributed by atoms with Crippen LogP contribution in [-0.2, 0) is 0 Å². The average molecular weight is 222 g/mol. The Balaban J connectivity index is 3.12. The van der Waals surface area contributed by atoms with Gasteiger partial charge in [0.2, 0.25) is 11.9 Å². The van der Waals surface area contributed by atoms with E-state index in [9.17, 15) is 0 Å². The van der Waals surface area contributed by atoms with Gasteiger partial charge in [-0.3, -0.25) is 10.3 Å². The van der Waals surface area contributed by atoms with Gasteiger partial charge in [0.1, 0.15) is 0 Å². The lowest BCUT2D eigenvalue weighted by Crippen LogP contribution is -2.60. The Morgan fingerprint density at radius 1 is 1.62 bits per heavy atom. The summed E-state index contributed by atoms with van der Waals surface area (Å²) in [5, 5.41) is 13.5. The van der Waals surface area contributed by atoms with Crippen molar-refractivity contribution in [2.75, 3.05) is 20.6 Å². The molecule has 0 saturated carbocycles. The summed E-state index contributed by atoms with van der Waals surface area (Å²) >= 11 is 0. The molecule has 3 N–H and O–H groups in total. The molecular formula is C10H18N6. The van der Waals surface area contributed by atoms with Crippen molar-refractivity contribution < 1.29 is 0 Å². The van der Waals surface area contributed by atoms with E-state index >= 15 is 0 Å². The van der Waals surface area contributed by atoms with Gasteiger partial charge in [0.15, 0.2) is 5.66 Å². The summed E-state index contributed by atoms with van der Waals surface area (Å²) in [5.41, 5.74) is -0.904. The van der Waals surface area contributed by atoms with Gasteiger partial charge >= 0.3 is 0 Å². The second kappa shape index (κ2) is 4.78. The molecule has 0 aromatic carbocycles. The molecule has 1 heterocycles. The minimum atomic E-state index is -0.904. The predicted octanol–water partition coefficient (Wildman–Crippen LogP) is 0.00457. The molecule has 1 rings (SSSR count). The van der Waals surface area contributed by atoms with Gasteiger partial charge in [0.05, 0.1) is 0 Å². The lowest BCUT2D eigenvalue weighted by Gasteiger charge is -2.33. The van der Waals surface area contributed by atoms with Gasteiger partial charge in [-0.15, -0.1) is 0 Å². The van der Waals surface area contributed by atoms with Crippen LogP contribution in [0.4, 0.5) is 0 Å². The summed E-state index contributed by atoms with van der Waals surface area (Å²) in [6.45, 7) is 6.29. The number of hydrogen-bond donors (Lipinski definition) is 3. The number of nitrogens with zero attached hydrogens (tertiary/aromatic N) is 3. The number of aliphatic imine (C=N–C) groups is 2. The van der Waals surface area contributed by atoms with Gasteiger partial charge in [-0.25, -0.2) is 4.99 Å². The van der Waals surface area contributed by atoms with Crippen molar-refractivity contribution in [3.8, 4) is 0 Å². The smallest absolute Gasteiger partial charge is 0.203 e. The first-order valence-electron chi connectivity index (χ1n) is 5.09. The monoisotopic (exact) mass is 222 g/mol. The van der Waals surface area contributed by atoms with Crippen LogP contribution in [0.2, 0.25) is 0 Å². The molecule has 0 aromatic heterocycles. The first-order valence-corrected chi connectivity index (χ1v) is 5.09. The van der Waals surface area contributed by atoms with Crippen LogP contribution in [0.5, 0.6) is 0 Å². The van der Waals surface area contributed by atoms with E-state index in [-0.39, 0.29) is 0 Å². The van der Waals surface area contributed by atoms with E-state index in [4.69, 9.17) is 5.41 Å². The van der Waals surface area contributed by atoms with E-state index in [1.165, 1.54) is 6.21 Å². The first-order chi connectivity index (χ1) is 7.56. The minimum Gasteiger partial charge on any atom is -0.349 e. The molecule has 6 nitrogen and oxygen atoms in total. The van der Waals surface area contributed by atoms with E-state index in [1.54, 1.807) is 6.08 Å². The third-order valence-electron chi connectivity index (χ3n) is 2.11. The van der Waals surface area contributed by atoms with Crippen molar-refractivity contribution in [3.05, 3.63) is 12.7 Å². The number of rotatable bonds is 3. The van der Waals surface area contributed by atoms with Crippen molar-refractivity contribution in [2.45, 2.75) is 12.6 Å². The fraction of sp³-hybridized carbons (Fsp3) is 0.500. The molecule has 0 aliphatic carbocycles. The van der Waals surface area contributed by atoms with Crippen LogP contribution < -0.4 is 10.6 Å². The Morgan fingerprint density at radius 3 is 2.75 bits per heavy atom. The fourth-order valence-electron chi connectivity index (χ4n) is 1.23. The van der Waals surface area contributed by atoms with Crippen LogP contribution in [0, 0.1) is 5.41 Å². The molecule has 0 spiro atoms. The zero-order chi connectivity index (χ0) is 12.2. The molecule has 6 heteroatoms. The molecule has 0 amide bonds. The van der Waals surface area contributed by atoms with Crippen LogP contribution in [0.15, 0.2) is 22.6 Å². The summed E-state index contributed by atoms with van der Waals surface area (Å²) in [5.74, 6) is 1.25. The van der Waals surface area contributed by atoms with E-state index in [0.717, 1.165) is 0 Å².